The van der Waals surface area contributed by atoms with Crippen molar-refractivity contribution < 1.29 is 4.79 Å². The Morgan fingerprint density at radius 3 is 2.64 bits per heavy atom. The van der Waals surface area contributed by atoms with Crippen LogP contribution in [0.25, 0.3) is 0 Å². The van der Waals surface area contributed by atoms with Crippen molar-refractivity contribution in [3.8, 4) is 0 Å². The molecule has 1 aromatic carbocycles. The van der Waals surface area contributed by atoms with Gasteiger partial charge in [0.1, 0.15) is 6.54 Å². The van der Waals surface area contributed by atoms with Gasteiger partial charge < -0.3 is 5.32 Å². The average Bonchev–Trinajstić information content (AvgIpc) is 2.40. The number of benzene rings is 1. The van der Waals surface area contributed by atoms with Crippen LogP contribution in [0.3, 0.4) is 0 Å². The van der Waals surface area contributed by atoms with E-state index in [0.717, 1.165) is 9.26 Å². The molecule has 22 heavy (non-hydrogen) atoms. The molecule has 0 saturated carbocycles. The Kier molecular flexibility index (Phi) is 5.00. The maximum Gasteiger partial charge on any atom is 0.267 e. The molecule has 1 heterocycles. The Bertz CT molecular complexity index is 748. The Hall–Kier alpha value is -1.70. The van der Waals surface area contributed by atoms with E-state index in [0.29, 0.717) is 5.69 Å². The van der Waals surface area contributed by atoms with Gasteiger partial charge in [-0.1, -0.05) is 26.8 Å². The summed E-state index contributed by atoms with van der Waals surface area (Å²) in [5.74, 6) is -0.275. The summed E-state index contributed by atoms with van der Waals surface area (Å²) in [5.41, 5.74) is 1.01. The first kappa shape index (κ1) is 16.7. The molecule has 0 aliphatic heterocycles. The minimum absolute atomic E-state index is 0.103. The maximum absolute atomic E-state index is 12.1. The predicted molar refractivity (Wildman–Crippen MR) is 95.0 cm³/mol. The molecule has 116 valence electrons. The van der Waals surface area contributed by atoms with E-state index in [1.165, 1.54) is 10.7 Å². The van der Waals surface area contributed by atoms with Crippen LogP contribution in [0, 0.1) is 3.57 Å². The smallest absolute Gasteiger partial charge is 0.267 e. The maximum atomic E-state index is 12.1. The lowest BCUT2D eigenvalue weighted by Crippen LogP contribution is -2.31. The van der Waals surface area contributed by atoms with Gasteiger partial charge in [0, 0.05) is 20.7 Å². The predicted octanol–water partition coefficient (Wildman–Crippen LogP) is 2.78. The number of anilines is 1. The van der Waals surface area contributed by atoms with Gasteiger partial charge in [-0.05, 0) is 46.9 Å². The topological polar surface area (TPSA) is 64.0 Å². The molecule has 0 aliphatic carbocycles. The summed E-state index contributed by atoms with van der Waals surface area (Å²) in [6, 6.07) is 10.6. The zero-order chi connectivity index (χ0) is 16.3. The fourth-order valence-electron chi connectivity index (χ4n) is 1.86. The minimum Gasteiger partial charge on any atom is -0.324 e. The lowest BCUT2D eigenvalue weighted by molar-refractivity contribution is -0.117. The summed E-state index contributed by atoms with van der Waals surface area (Å²) >= 11 is 2.18. The third-order valence-electron chi connectivity index (χ3n) is 3.04. The van der Waals surface area contributed by atoms with E-state index in [2.05, 4.69) is 33.0 Å². The Morgan fingerprint density at radius 2 is 2.00 bits per heavy atom. The number of halogens is 1. The van der Waals surface area contributed by atoms with Crippen molar-refractivity contribution in [3.63, 3.8) is 0 Å². The van der Waals surface area contributed by atoms with E-state index < -0.39 is 0 Å². The second-order valence-corrected chi connectivity index (χ2v) is 7.27. The highest BCUT2D eigenvalue weighted by atomic mass is 127. The van der Waals surface area contributed by atoms with Gasteiger partial charge in [0.15, 0.2) is 0 Å². The molecule has 0 spiro atoms. The second-order valence-electron chi connectivity index (χ2n) is 6.02. The van der Waals surface area contributed by atoms with E-state index in [9.17, 15) is 9.59 Å². The number of nitrogens with zero attached hydrogens (tertiary/aromatic N) is 2. The lowest BCUT2D eigenvalue weighted by atomic mass is 9.92. The van der Waals surface area contributed by atoms with Gasteiger partial charge in [-0.2, -0.15) is 5.10 Å². The third kappa shape index (κ3) is 4.40. The van der Waals surface area contributed by atoms with Crippen LogP contribution >= 0.6 is 22.6 Å². The number of carbonyl (C=O) groups is 1. The minimum atomic E-state index is -0.286. The quantitative estimate of drug-likeness (QED) is 0.791. The van der Waals surface area contributed by atoms with E-state index in [-0.39, 0.29) is 23.4 Å². The first-order chi connectivity index (χ1) is 10.3. The van der Waals surface area contributed by atoms with Crippen molar-refractivity contribution in [3.05, 3.63) is 56.0 Å². The molecule has 1 amide bonds. The summed E-state index contributed by atoms with van der Waals surface area (Å²) in [7, 11) is 0. The van der Waals surface area contributed by atoms with Crippen LogP contribution in [-0.2, 0) is 16.8 Å². The number of nitrogens with one attached hydrogen (secondary N) is 1. The number of amides is 1. The van der Waals surface area contributed by atoms with Crippen molar-refractivity contribution >= 4 is 34.2 Å². The van der Waals surface area contributed by atoms with Crippen LogP contribution in [0.5, 0.6) is 0 Å². The molecule has 5 nitrogen and oxygen atoms in total. The van der Waals surface area contributed by atoms with Gasteiger partial charge in [-0.3, -0.25) is 9.59 Å². The highest BCUT2D eigenvalue weighted by Gasteiger charge is 2.17. The zero-order valence-electron chi connectivity index (χ0n) is 12.8. The van der Waals surface area contributed by atoms with Gasteiger partial charge in [0.25, 0.3) is 5.56 Å². The van der Waals surface area contributed by atoms with Crippen molar-refractivity contribution in [2.75, 3.05) is 5.32 Å². The van der Waals surface area contributed by atoms with Gasteiger partial charge in [-0.15, -0.1) is 0 Å². The first-order valence-corrected chi connectivity index (χ1v) is 7.98. The third-order valence-corrected chi connectivity index (χ3v) is 3.71. The van der Waals surface area contributed by atoms with Crippen molar-refractivity contribution in [2.24, 2.45) is 0 Å². The molecule has 0 unspecified atom stereocenters. The van der Waals surface area contributed by atoms with Gasteiger partial charge in [-0.25, -0.2) is 4.68 Å². The number of hydrogen-bond acceptors (Lipinski definition) is 3. The highest BCUT2D eigenvalue weighted by Crippen LogP contribution is 2.18. The Balaban J connectivity index is 2.16. The molecule has 0 atom stereocenters. The molecule has 0 fully saturated rings. The van der Waals surface area contributed by atoms with E-state index >= 15 is 0 Å². The van der Waals surface area contributed by atoms with Crippen LogP contribution in [0.15, 0.2) is 41.2 Å². The molecule has 6 heteroatoms. The van der Waals surface area contributed by atoms with Crippen LogP contribution in [-0.4, -0.2) is 15.7 Å². The number of aromatic nitrogens is 2. The van der Waals surface area contributed by atoms with Crippen LogP contribution in [0.2, 0.25) is 0 Å². The molecule has 0 saturated heterocycles. The van der Waals surface area contributed by atoms with E-state index in [1.807, 2.05) is 45.0 Å². The molecule has 0 aliphatic rings. The monoisotopic (exact) mass is 411 g/mol. The van der Waals surface area contributed by atoms with Crippen LogP contribution in [0.1, 0.15) is 26.5 Å². The largest absolute Gasteiger partial charge is 0.324 e. The number of hydrogen-bond donors (Lipinski definition) is 1. The number of rotatable bonds is 3. The fraction of sp³-hybridized carbons (Fsp3) is 0.312. The molecular formula is C16H18IN3O2. The summed E-state index contributed by atoms with van der Waals surface area (Å²) in [6.07, 6.45) is 0. The SMILES string of the molecule is CC(C)(C)c1ccc(=O)n(CC(=O)Nc2cccc(I)c2)n1. The zero-order valence-corrected chi connectivity index (χ0v) is 14.9. The summed E-state index contributed by atoms with van der Waals surface area (Å²) < 4.78 is 2.23. The summed E-state index contributed by atoms with van der Waals surface area (Å²) in [6.45, 7) is 5.93. The molecule has 2 aromatic rings. The van der Waals surface area contributed by atoms with E-state index in [1.54, 1.807) is 6.07 Å². The summed E-state index contributed by atoms with van der Waals surface area (Å²) in [4.78, 5) is 24.0. The van der Waals surface area contributed by atoms with Crippen molar-refractivity contribution in [2.45, 2.75) is 32.7 Å². The van der Waals surface area contributed by atoms with Gasteiger partial charge in [0.05, 0.1) is 5.69 Å². The normalized spacial score (nSPS) is 11.3. The molecule has 1 aromatic heterocycles. The average molecular weight is 411 g/mol. The molecule has 1 N–H and O–H groups in total. The Morgan fingerprint density at radius 1 is 1.27 bits per heavy atom. The number of carbonyl (C=O) groups excluding carboxylic acids is 1. The standard InChI is InChI=1S/C16H18IN3O2/c1-16(2,3)13-7-8-15(22)20(19-13)10-14(21)18-12-6-4-5-11(17)9-12/h4-9H,10H2,1-3H3,(H,18,21). The molecule has 2 rings (SSSR count). The molecule has 0 radical (unpaired) electrons. The van der Waals surface area contributed by atoms with Crippen LogP contribution in [0.4, 0.5) is 5.69 Å². The van der Waals surface area contributed by atoms with Crippen molar-refractivity contribution in [1.29, 1.82) is 0 Å². The van der Waals surface area contributed by atoms with E-state index in [4.69, 9.17) is 0 Å². The van der Waals surface area contributed by atoms with Gasteiger partial charge in [0.2, 0.25) is 5.91 Å². The van der Waals surface area contributed by atoms with Crippen molar-refractivity contribution in [1.82, 2.24) is 9.78 Å². The van der Waals surface area contributed by atoms with Gasteiger partial charge >= 0.3 is 0 Å². The first-order valence-electron chi connectivity index (χ1n) is 6.90. The van der Waals surface area contributed by atoms with Crippen LogP contribution < -0.4 is 10.9 Å². The summed E-state index contributed by atoms with van der Waals surface area (Å²) in [5, 5.41) is 7.06. The Labute approximate surface area is 142 Å². The molecular weight excluding hydrogens is 393 g/mol. The molecule has 0 bridgehead atoms. The fourth-order valence-corrected chi connectivity index (χ4v) is 2.41. The second kappa shape index (κ2) is 6.60. The highest BCUT2D eigenvalue weighted by molar-refractivity contribution is 14.1. The lowest BCUT2D eigenvalue weighted by Gasteiger charge is -2.18.